The van der Waals surface area contributed by atoms with Crippen LogP contribution in [-0.4, -0.2) is 53.5 Å². The zero-order valence-electron chi connectivity index (χ0n) is 13.8. The van der Waals surface area contributed by atoms with Gasteiger partial charge >= 0.3 is 0 Å². The van der Waals surface area contributed by atoms with Gasteiger partial charge in [-0.15, -0.1) is 0 Å². The van der Waals surface area contributed by atoms with Crippen LogP contribution < -0.4 is 0 Å². The third kappa shape index (κ3) is 2.77. The van der Waals surface area contributed by atoms with Crippen LogP contribution >= 0.6 is 0 Å². The molecule has 5 heteroatoms. The van der Waals surface area contributed by atoms with Crippen LogP contribution in [-0.2, 0) is 14.3 Å². The van der Waals surface area contributed by atoms with E-state index in [-0.39, 0.29) is 24.0 Å². The van der Waals surface area contributed by atoms with Crippen molar-refractivity contribution in [2.75, 3.05) is 19.6 Å². The van der Waals surface area contributed by atoms with E-state index in [1.165, 1.54) is 4.90 Å². The number of amides is 2. The lowest BCUT2D eigenvalue weighted by atomic mass is 10.0. The standard InChI is InChI=1S/C18H22N2O3/c1-4-20-17(21)15(14-8-6-5-7-9-14)16(18(20)22)19-10-12(2)23-13(3)11-19/h5-9,12-13H,4,10-11H2,1-3H3. The average molecular weight is 314 g/mol. The maximum Gasteiger partial charge on any atom is 0.277 e. The minimum atomic E-state index is -0.203. The van der Waals surface area contributed by atoms with Crippen molar-refractivity contribution in [3.8, 4) is 0 Å². The molecule has 0 saturated carbocycles. The van der Waals surface area contributed by atoms with E-state index >= 15 is 0 Å². The van der Waals surface area contributed by atoms with Crippen molar-refractivity contribution in [2.24, 2.45) is 0 Å². The number of imide groups is 1. The van der Waals surface area contributed by atoms with Crippen LogP contribution in [0.1, 0.15) is 26.3 Å². The summed E-state index contributed by atoms with van der Waals surface area (Å²) in [6.07, 6.45) is 0.0590. The van der Waals surface area contributed by atoms with E-state index in [1.807, 2.05) is 56.0 Å². The quantitative estimate of drug-likeness (QED) is 0.800. The molecule has 2 aliphatic rings. The first-order chi connectivity index (χ1) is 11.0. The number of carbonyl (C=O) groups is 2. The molecule has 0 spiro atoms. The Bertz CT molecular complexity index is 643. The summed E-state index contributed by atoms with van der Waals surface area (Å²) in [5.41, 5.74) is 1.83. The van der Waals surface area contributed by atoms with Crippen LogP contribution in [0.3, 0.4) is 0 Å². The van der Waals surface area contributed by atoms with Crippen molar-refractivity contribution >= 4 is 17.4 Å². The largest absolute Gasteiger partial charge is 0.372 e. The number of hydrogen-bond acceptors (Lipinski definition) is 4. The monoisotopic (exact) mass is 314 g/mol. The Morgan fingerprint density at radius 3 is 2.22 bits per heavy atom. The molecule has 2 unspecified atom stereocenters. The average Bonchev–Trinajstić information content (AvgIpc) is 2.77. The summed E-state index contributed by atoms with van der Waals surface area (Å²) in [5, 5.41) is 0. The van der Waals surface area contributed by atoms with Gasteiger partial charge in [-0.25, -0.2) is 0 Å². The van der Waals surface area contributed by atoms with Crippen molar-refractivity contribution < 1.29 is 14.3 Å². The first kappa shape index (κ1) is 15.7. The molecule has 2 heterocycles. The van der Waals surface area contributed by atoms with Gasteiger partial charge in [0, 0.05) is 19.6 Å². The highest BCUT2D eigenvalue weighted by atomic mass is 16.5. The molecule has 2 aliphatic heterocycles. The summed E-state index contributed by atoms with van der Waals surface area (Å²) in [7, 11) is 0. The van der Waals surface area contributed by atoms with Crippen LogP contribution in [0.15, 0.2) is 36.0 Å². The molecule has 2 amide bonds. The zero-order chi connectivity index (χ0) is 16.6. The van der Waals surface area contributed by atoms with E-state index in [0.717, 1.165) is 5.56 Å². The summed E-state index contributed by atoms with van der Waals surface area (Å²) in [6.45, 7) is 7.42. The minimum Gasteiger partial charge on any atom is -0.372 e. The van der Waals surface area contributed by atoms with Gasteiger partial charge in [-0.1, -0.05) is 30.3 Å². The third-order valence-electron chi connectivity index (χ3n) is 4.26. The Hall–Kier alpha value is -2.14. The Kier molecular flexibility index (Phi) is 4.22. The van der Waals surface area contributed by atoms with E-state index in [4.69, 9.17) is 4.74 Å². The van der Waals surface area contributed by atoms with Crippen LogP contribution in [0.4, 0.5) is 0 Å². The minimum absolute atomic E-state index is 0.0295. The van der Waals surface area contributed by atoms with E-state index in [9.17, 15) is 9.59 Å². The van der Waals surface area contributed by atoms with Crippen molar-refractivity contribution in [1.82, 2.24) is 9.80 Å². The maximum atomic E-state index is 12.8. The molecule has 5 nitrogen and oxygen atoms in total. The molecule has 1 fully saturated rings. The molecule has 23 heavy (non-hydrogen) atoms. The van der Waals surface area contributed by atoms with Gasteiger partial charge in [0.25, 0.3) is 11.8 Å². The van der Waals surface area contributed by atoms with E-state index in [1.54, 1.807) is 0 Å². The van der Waals surface area contributed by atoms with Crippen LogP contribution in [0.5, 0.6) is 0 Å². The van der Waals surface area contributed by atoms with Gasteiger partial charge < -0.3 is 9.64 Å². The maximum absolute atomic E-state index is 12.8. The molecule has 122 valence electrons. The molecule has 2 atom stereocenters. The predicted molar refractivity (Wildman–Crippen MR) is 87.3 cm³/mol. The number of hydrogen-bond donors (Lipinski definition) is 0. The van der Waals surface area contributed by atoms with Crippen molar-refractivity contribution in [1.29, 1.82) is 0 Å². The molecule has 0 N–H and O–H groups in total. The Labute approximate surface area is 136 Å². The molecule has 3 rings (SSSR count). The van der Waals surface area contributed by atoms with Crippen LogP contribution in [0, 0.1) is 0 Å². The number of rotatable bonds is 3. The predicted octanol–water partition coefficient (Wildman–Crippen LogP) is 1.90. The molecule has 0 radical (unpaired) electrons. The van der Waals surface area contributed by atoms with Gasteiger partial charge in [-0.3, -0.25) is 14.5 Å². The number of carbonyl (C=O) groups excluding carboxylic acids is 2. The molecule has 1 saturated heterocycles. The number of ether oxygens (including phenoxy) is 1. The highest BCUT2D eigenvalue weighted by molar-refractivity contribution is 6.35. The summed E-state index contributed by atoms with van der Waals surface area (Å²) in [5.74, 6) is -0.400. The second-order valence-electron chi connectivity index (χ2n) is 6.11. The van der Waals surface area contributed by atoms with Crippen molar-refractivity contribution in [3.63, 3.8) is 0 Å². The first-order valence-electron chi connectivity index (χ1n) is 8.09. The van der Waals surface area contributed by atoms with E-state index < -0.39 is 0 Å². The van der Waals surface area contributed by atoms with E-state index in [2.05, 4.69) is 0 Å². The Morgan fingerprint density at radius 1 is 1.04 bits per heavy atom. The highest BCUT2D eigenvalue weighted by Crippen LogP contribution is 2.32. The number of likely N-dealkylation sites (N-methyl/N-ethyl adjacent to an activating group) is 1. The summed E-state index contributed by atoms with van der Waals surface area (Å²) in [6, 6.07) is 9.44. The highest BCUT2D eigenvalue weighted by Gasteiger charge is 2.42. The molecular weight excluding hydrogens is 292 g/mol. The van der Waals surface area contributed by atoms with Gasteiger partial charge in [-0.2, -0.15) is 0 Å². The summed E-state index contributed by atoms with van der Waals surface area (Å²) < 4.78 is 5.76. The SMILES string of the molecule is CCN1C(=O)C(c2ccccc2)=C(N2CC(C)OC(C)C2)C1=O. The number of benzene rings is 1. The van der Waals surface area contributed by atoms with Gasteiger partial charge in [0.2, 0.25) is 0 Å². The van der Waals surface area contributed by atoms with Crippen LogP contribution in [0.25, 0.3) is 5.57 Å². The third-order valence-corrected chi connectivity index (χ3v) is 4.26. The molecule has 0 aromatic heterocycles. The normalized spacial score (nSPS) is 25.5. The first-order valence-corrected chi connectivity index (χ1v) is 8.09. The lowest BCUT2D eigenvalue weighted by Gasteiger charge is -2.37. The molecule has 1 aromatic rings. The van der Waals surface area contributed by atoms with Crippen LogP contribution in [0.2, 0.25) is 0 Å². The number of nitrogens with zero attached hydrogens (tertiary/aromatic N) is 2. The van der Waals surface area contributed by atoms with Gasteiger partial charge in [0.15, 0.2) is 0 Å². The lowest BCUT2D eigenvalue weighted by Crippen LogP contribution is -2.46. The van der Waals surface area contributed by atoms with Gasteiger partial charge in [0.1, 0.15) is 5.70 Å². The second kappa shape index (κ2) is 6.16. The topological polar surface area (TPSA) is 49.9 Å². The fraction of sp³-hybridized carbons (Fsp3) is 0.444. The molecule has 1 aromatic carbocycles. The Balaban J connectivity index is 2.08. The fourth-order valence-corrected chi connectivity index (χ4v) is 3.37. The smallest absolute Gasteiger partial charge is 0.277 e. The van der Waals surface area contributed by atoms with Gasteiger partial charge in [0.05, 0.1) is 17.8 Å². The number of morpholine rings is 1. The van der Waals surface area contributed by atoms with Crippen molar-refractivity contribution in [2.45, 2.75) is 33.0 Å². The molecular formula is C18H22N2O3. The summed E-state index contributed by atoms with van der Waals surface area (Å²) >= 11 is 0. The molecule has 0 bridgehead atoms. The van der Waals surface area contributed by atoms with Gasteiger partial charge in [-0.05, 0) is 26.3 Å². The van der Waals surface area contributed by atoms with Crippen molar-refractivity contribution in [3.05, 3.63) is 41.6 Å². The second-order valence-corrected chi connectivity index (χ2v) is 6.11. The van der Waals surface area contributed by atoms with E-state index in [0.29, 0.717) is 30.9 Å². The Morgan fingerprint density at radius 2 is 1.65 bits per heavy atom. The molecule has 0 aliphatic carbocycles. The fourth-order valence-electron chi connectivity index (χ4n) is 3.37. The summed E-state index contributed by atoms with van der Waals surface area (Å²) in [4.78, 5) is 28.9. The zero-order valence-corrected chi connectivity index (χ0v) is 13.8. The lowest BCUT2D eigenvalue weighted by molar-refractivity contribution is -0.138.